The van der Waals surface area contributed by atoms with E-state index >= 15 is 0 Å². The standard InChI is InChI=1S/C50H86NO8P/c1-6-8-10-12-14-16-18-20-21-22-23-24-25-26-27-28-29-31-32-34-36-38-40-42-49(52)56-46-48(47-58-60(54,55)57-45-44-51(3,4)5)59-50(53)43-41-39-37-35-33-30-19-17-15-13-11-9-7-2/h8-11,13-17,19-21,23-24,48H,6-7,12,18,22,25-47H2,1-5H3/b10-8+,11-9+,15-13+,16-14+,19-17+,21-20+,24-23+. The van der Waals surface area contributed by atoms with E-state index in [1.165, 1.54) is 38.5 Å². The van der Waals surface area contributed by atoms with Gasteiger partial charge in [0.1, 0.15) is 19.8 Å². The summed E-state index contributed by atoms with van der Waals surface area (Å²) in [7, 11) is 1.13. The number of carbonyl (C=O) groups excluding carboxylic acids is 2. The minimum Gasteiger partial charge on any atom is -0.756 e. The first-order valence-corrected chi connectivity index (χ1v) is 24.8. The summed E-state index contributed by atoms with van der Waals surface area (Å²) in [4.78, 5) is 37.6. The average molecular weight is 860 g/mol. The van der Waals surface area contributed by atoms with Crippen LogP contribution in [0.2, 0.25) is 0 Å². The fourth-order valence-corrected chi connectivity index (χ4v) is 6.61. The number of carbonyl (C=O) groups is 2. The van der Waals surface area contributed by atoms with Crippen molar-refractivity contribution in [1.82, 2.24) is 0 Å². The topological polar surface area (TPSA) is 111 Å². The second-order valence-corrected chi connectivity index (χ2v) is 17.8. The van der Waals surface area contributed by atoms with Crippen molar-refractivity contribution in [2.24, 2.45) is 0 Å². The number of phosphoric ester groups is 1. The molecule has 2 unspecified atom stereocenters. The molecule has 0 aromatic heterocycles. The Hall–Kier alpha value is -2.81. The number of nitrogens with zero attached hydrogens (tertiary/aromatic N) is 1. The zero-order chi connectivity index (χ0) is 44.3. The molecule has 0 saturated heterocycles. The molecule has 0 aromatic rings. The van der Waals surface area contributed by atoms with E-state index in [9.17, 15) is 19.0 Å². The number of unbranched alkanes of at least 4 members (excludes halogenated alkanes) is 15. The zero-order valence-corrected chi connectivity index (χ0v) is 39.5. The van der Waals surface area contributed by atoms with Crippen LogP contribution >= 0.6 is 7.82 Å². The Kier molecular flexibility index (Phi) is 39.6. The van der Waals surface area contributed by atoms with E-state index in [-0.39, 0.29) is 26.1 Å². The van der Waals surface area contributed by atoms with E-state index in [2.05, 4.69) is 80.7 Å². The minimum atomic E-state index is -4.64. The molecule has 0 heterocycles. The van der Waals surface area contributed by atoms with Crippen molar-refractivity contribution in [3.8, 4) is 0 Å². The first-order valence-electron chi connectivity index (χ1n) is 23.3. The third kappa shape index (κ3) is 44.7. The Morgan fingerprint density at radius 1 is 0.533 bits per heavy atom. The number of phosphoric acid groups is 1. The van der Waals surface area contributed by atoms with Gasteiger partial charge in [-0.1, -0.05) is 170 Å². The van der Waals surface area contributed by atoms with E-state index in [0.29, 0.717) is 17.4 Å². The van der Waals surface area contributed by atoms with Crippen molar-refractivity contribution < 1.29 is 42.1 Å². The highest BCUT2D eigenvalue weighted by Crippen LogP contribution is 2.38. The maximum absolute atomic E-state index is 12.7. The molecular weight excluding hydrogens is 774 g/mol. The third-order valence-electron chi connectivity index (χ3n) is 9.47. The fraction of sp³-hybridized carbons (Fsp3) is 0.680. The highest BCUT2D eigenvalue weighted by Gasteiger charge is 2.21. The highest BCUT2D eigenvalue weighted by molar-refractivity contribution is 7.45. The minimum absolute atomic E-state index is 0.0402. The van der Waals surface area contributed by atoms with Crippen molar-refractivity contribution in [1.29, 1.82) is 0 Å². The maximum Gasteiger partial charge on any atom is 0.306 e. The molecule has 0 fully saturated rings. The van der Waals surface area contributed by atoms with Crippen molar-refractivity contribution in [3.05, 3.63) is 85.1 Å². The number of ether oxygens (including phenoxy) is 2. The zero-order valence-electron chi connectivity index (χ0n) is 38.6. The van der Waals surface area contributed by atoms with Gasteiger partial charge in [0.25, 0.3) is 7.82 Å². The number of esters is 2. The van der Waals surface area contributed by atoms with E-state index in [0.717, 1.165) is 96.3 Å². The third-order valence-corrected chi connectivity index (χ3v) is 10.4. The van der Waals surface area contributed by atoms with Gasteiger partial charge in [0.2, 0.25) is 0 Å². The number of likely N-dealkylation sites (N-methyl/N-ethyl adjacent to an activating group) is 1. The molecule has 0 aliphatic rings. The van der Waals surface area contributed by atoms with Crippen LogP contribution in [-0.2, 0) is 32.7 Å². The lowest BCUT2D eigenvalue weighted by atomic mass is 10.1. The predicted molar refractivity (Wildman–Crippen MR) is 249 cm³/mol. The Morgan fingerprint density at radius 2 is 0.983 bits per heavy atom. The lowest BCUT2D eigenvalue weighted by Crippen LogP contribution is -2.37. The molecule has 0 rings (SSSR count). The van der Waals surface area contributed by atoms with Crippen LogP contribution in [-0.4, -0.2) is 70.0 Å². The average Bonchev–Trinajstić information content (AvgIpc) is 3.20. The molecule has 0 spiro atoms. The lowest BCUT2D eigenvalue weighted by Gasteiger charge is -2.28. The maximum atomic E-state index is 12.7. The van der Waals surface area contributed by atoms with Crippen LogP contribution in [0, 0.1) is 0 Å². The molecule has 0 bridgehead atoms. The van der Waals surface area contributed by atoms with E-state index in [1.54, 1.807) is 0 Å². The molecule has 344 valence electrons. The number of rotatable bonds is 41. The summed E-state index contributed by atoms with van der Waals surface area (Å²) in [5.74, 6) is -0.870. The normalized spacial score (nSPS) is 14.3. The predicted octanol–water partition coefficient (Wildman–Crippen LogP) is 12.9. The van der Waals surface area contributed by atoms with Crippen LogP contribution < -0.4 is 4.89 Å². The lowest BCUT2D eigenvalue weighted by molar-refractivity contribution is -0.870. The summed E-state index contributed by atoms with van der Waals surface area (Å²) < 4.78 is 33.9. The molecule has 10 heteroatoms. The Labute approximate surface area is 367 Å². The molecule has 0 aromatic carbocycles. The van der Waals surface area contributed by atoms with Crippen molar-refractivity contribution in [3.63, 3.8) is 0 Å². The van der Waals surface area contributed by atoms with Crippen molar-refractivity contribution in [2.45, 2.75) is 174 Å². The van der Waals surface area contributed by atoms with Gasteiger partial charge in [0.15, 0.2) is 6.10 Å². The molecule has 2 atom stereocenters. The molecular formula is C50H86NO8P. The molecule has 0 aliphatic heterocycles. The Morgan fingerprint density at radius 3 is 1.52 bits per heavy atom. The molecule has 9 nitrogen and oxygen atoms in total. The summed E-state index contributed by atoms with van der Waals surface area (Å²) in [5, 5.41) is 0. The van der Waals surface area contributed by atoms with Gasteiger partial charge in [0, 0.05) is 12.8 Å². The highest BCUT2D eigenvalue weighted by atomic mass is 31.2. The van der Waals surface area contributed by atoms with Gasteiger partial charge < -0.3 is 27.9 Å². The number of hydrogen-bond acceptors (Lipinski definition) is 8. The molecule has 0 aliphatic carbocycles. The molecule has 0 N–H and O–H groups in total. The van der Waals surface area contributed by atoms with Gasteiger partial charge in [-0.15, -0.1) is 0 Å². The van der Waals surface area contributed by atoms with Crippen molar-refractivity contribution >= 4 is 19.8 Å². The van der Waals surface area contributed by atoms with E-state index < -0.39 is 32.5 Å². The first-order chi connectivity index (χ1) is 29.0. The van der Waals surface area contributed by atoms with Crippen LogP contribution in [0.25, 0.3) is 0 Å². The van der Waals surface area contributed by atoms with Gasteiger partial charge in [-0.2, -0.15) is 0 Å². The van der Waals surface area contributed by atoms with E-state index in [1.807, 2.05) is 39.4 Å². The summed E-state index contributed by atoms with van der Waals surface area (Å²) in [6.07, 6.45) is 53.3. The van der Waals surface area contributed by atoms with Crippen molar-refractivity contribution in [2.75, 3.05) is 47.5 Å². The van der Waals surface area contributed by atoms with Gasteiger partial charge in [-0.25, -0.2) is 0 Å². The van der Waals surface area contributed by atoms with Gasteiger partial charge in [-0.05, 0) is 70.6 Å². The van der Waals surface area contributed by atoms with Crippen LogP contribution in [0.1, 0.15) is 168 Å². The van der Waals surface area contributed by atoms with Gasteiger partial charge >= 0.3 is 11.9 Å². The summed E-state index contributed by atoms with van der Waals surface area (Å²) >= 11 is 0. The van der Waals surface area contributed by atoms with Crippen LogP contribution in [0.15, 0.2) is 85.1 Å². The van der Waals surface area contributed by atoms with E-state index in [4.69, 9.17) is 18.5 Å². The second-order valence-electron chi connectivity index (χ2n) is 16.4. The van der Waals surface area contributed by atoms with Gasteiger partial charge in [-0.3, -0.25) is 14.2 Å². The van der Waals surface area contributed by atoms with Crippen LogP contribution in [0.3, 0.4) is 0 Å². The van der Waals surface area contributed by atoms with Crippen LogP contribution in [0.4, 0.5) is 0 Å². The molecule has 60 heavy (non-hydrogen) atoms. The largest absolute Gasteiger partial charge is 0.756 e. The summed E-state index contributed by atoms with van der Waals surface area (Å²) in [6, 6.07) is 0. The molecule has 0 saturated carbocycles. The summed E-state index contributed by atoms with van der Waals surface area (Å²) in [5.41, 5.74) is 0. The van der Waals surface area contributed by atoms with Crippen LogP contribution in [0.5, 0.6) is 0 Å². The molecule has 0 radical (unpaired) electrons. The SMILES string of the molecule is CC/C=C/C=C/C=C/CCCCCCCC(=O)OC(COC(=O)CCCCCCCCCCCC/C=C/C/C=C/C/C=C/C/C=C/CC)COP(=O)([O-])OCC[N+](C)(C)C. The van der Waals surface area contributed by atoms with Gasteiger partial charge in [0.05, 0.1) is 27.7 Å². The Bertz CT molecular complexity index is 1290. The second kappa shape index (κ2) is 41.5. The number of allylic oxidation sites excluding steroid dienone is 14. The fourth-order valence-electron chi connectivity index (χ4n) is 5.88. The first kappa shape index (κ1) is 57.2. The number of hydrogen-bond donors (Lipinski definition) is 0. The monoisotopic (exact) mass is 860 g/mol. The summed E-state index contributed by atoms with van der Waals surface area (Å²) in [6.45, 7) is 3.93. The molecule has 0 amide bonds. The Balaban J connectivity index is 4.28. The smallest absolute Gasteiger partial charge is 0.306 e. The number of quaternary nitrogens is 1. The quantitative estimate of drug-likeness (QED) is 0.0149.